The number of hydrogen-bond donors (Lipinski definition) is 0. The van der Waals surface area contributed by atoms with Gasteiger partial charge in [-0.1, -0.05) is 19.3 Å². The molecule has 19 heavy (non-hydrogen) atoms. The first-order valence-corrected chi connectivity index (χ1v) is 8.33. The maximum Gasteiger partial charge on any atom is 0.319 e. The van der Waals surface area contributed by atoms with Crippen LogP contribution in [0, 0.1) is 5.41 Å². The summed E-state index contributed by atoms with van der Waals surface area (Å²) in [6.07, 6.45) is 13.3. The van der Waals surface area contributed by atoms with Crippen LogP contribution in [0.1, 0.15) is 64.2 Å². The van der Waals surface area contributed by atoms with Gasteiger partial charge in [-0.25, -0.2) is 4.79 Å². The van der Waals surface area contributed by atoms with Gasteiger partial charge in [-0.3, -0.25) is 0 Å². The molecule has 0 atom stereocenters. The average molecular weight is 264 g/mol. The molecule has 0 bridgehead atoms. The Morgan fingerprint density at radius 3 is 1.79 bits per heavy atom. The Morgan fingerprint density at radius 2 is 1.16 bits per heavy atom. The molecule has 3 nitrogen and oxygen atoms in total. The van der Waals surface area contributed by atoms with Crippen LogP contribution < -0.4 is 0 Å². The van der Waals surface area contributed by atoms with Crippen LogP contribution in [0.5, 0.6) is 0 Å². The second-order valence-electron chi connectivity index (χ2n) is 6.88. The Bertz CT molecular complexity index is 307. The van der Waals surface area contributed by atoms with Gasteiger partial charge < -0.3 is 9.80 Å². The van der Waals surface area contributed by atoms with Crippen LogP contribution in [0.3, 0.4) is 0 Å². The van der Waals surface area contributed by atoms with Crippen molar-refractivity contribution in [3.63, 3.8) is 0 Å². The van der Waals surface area contributed by atoms with E-state index in [4.69, 9.17) is 0 Å². The Hall–Kier alpha value is -0.730. The Labute approximate surface area is 117 Å². The SMILES string of the molecule is O=C(N1CCCCC1)N1CCC2(CCCCC2)CC1. The van der Waals surface area contributed by atoms with E-state index in [-0.39, 0.29) is 0 Å². The second kappa shape index (κ2) is 5.72. The van der Waals surface area contributed by atoms with Gasteiger partial charge >= 0.3 is 6.03 Å². The molecule has 0 aromatic carbocycles. The van der Waals surface area contributed by atoms with Crippen molar-refractivity contribution in [1.29, 1.82) is 0 Å². The number of hydrogen-bond acceptors (Lipinski definition) is 1. The number of piperidine rings is 2. The number of amides is 2. The third-order valence-electron chi connectivity index (χ3n) is 5.64. The first kappa shape index (κ1) is 13.3. The molecule has 1 aliphatic carbocycles. The Balaban J connectivity index is 1.52. The van der Waals surface area contributed by atoms with Crippen LogP contribution in [0.25, 0.3) is 0 Å². The summed E-state index contributed by atoms with van der Waals surface area (Å²) in [5.74, 6) is 0. The van der Waals surface area contributed by atoms with Gasteiger partial charge in [0.05, 0.1) is 0 Å². The molecule has 2 amide bonds. The zero-order valence-electron chi connectivity index (χ0n) is 12.2. The van der Waals surface area contributed by atoms with Crippen molar-refractivity contribution in [2.24, 2.45) is 5.41 Å². The lowest BCUT2D eigenvalue weighted by Gasteiger charge is -2.45. The third-order valence-corrected chi connectivity index (χ3v) is 5.64. The number of carbonyl (C=O) groups excluding carboxylic acids is 1. The molecule has 3 heteroatoms. The summed E-state index contributed by atoms with van der Waals surface area (Å²) in [7, 11) is 0. The maximum absolute atomic E-state index is 12.5. The fourth-order valence-corrected chi connectivity index (χ4v) is 4.26. The number of likely N-dealkylation sites (tertiary alicyclic amines) is 2. The number of nitrogens with zero attached hydrogens (tertiary/aromatic N) is 2. The minimum atomic E-state index is 0.324. The summed E-state index contributed by atoms with van der Waals surface area (Å²) < 4.78 is 0. The summed E-state index contributed by atoms with van der Waals surface area (Å²) >= 11 is 0. The smallest absolute Gasteiger partial charge is 0.319 e. The molecule has 2 saturated heterocycles. The zero-order valence-corrected chi connectivity index (χ0v) is 12.2. The van der Waals surface area contributed by atoms with Gasteiger partial charge in [-0.2, -0.15) is 0 Å². The van der Waals surface area contributed by atoms with E-state index in [0.29, 0.717) is 11.4 Å². The van der Waals surface area contributed by atoms with E-state index in [2.05, 4.69) is 9.80 Å². The van der Waals surface area contributed by atoms with Crippen molar-refractivity contribution < 1.29 is 4.79 Å². The molecule has 0 aromatic rings. The molecule has 2 heterocycles. The van der Waals surface area contributed by atoms with Gasteiger partial charge in [0.1, 0.15) is 0 Å². The van der Waals surface area contributed by atoms with Crippen molar-refractivity contribution in [3.05, 3.63) is 0 Å². The van der Waals surface area contributed by atoms with Gasteiger partial charge in [0.15, 0.2) is 0 Å². The highest BCUT2D eigenvalue weighted by Gasteiger charge is 2.37. The highest BCUT2D eigenvalue weighted by molar-refractivity contribution is 5.74. The molecule has 0 N–H and O–H groups in total. The lowest BCUT2D eigenvalue weighted by molar-refractivity contribution is 0.0668. The molecule has 108 valence electrons. The van der Waals surface area contributed by atoms with Crippen LogP contribution in [0.2, 0.25) is 0 Å². The third kappa shape index (κ3) is 2.90. The molecular formula is C16H28N2O. The van der Waals surface area contributed by atoms with E-state index in [0.717, 1.165) is 26.2 Å². The van der Waals surface area contributed by atoms with Gasteiger partial charge in [0.2, 0.25) is 0 Å². The lowest BCUT2D eigenvalue weighted by atomic mass is 9.68. The molecule has 3 fully saturated rings. The first-order chi connectivity index (χ1) is 9.29. The minimum absolute atomic E-state index is 0.324. The van der Waals surface area contributed by atoms with Gasteiger partial charge in [0, 0.05) is 26.2 Å². The van der Waals surface area contributed by atoms with Crippen molar-refractivity contribution in [3.8, 4) is 0 Å². The standard InChI is InChI=1S/C16H28N2O/c19-15(17-11-5-2-6-12-17)18-13-9-16(10-14-18)7-3-1-4-8-16/h1-14H2. The normalized spacial score (nSPS) is 27.6. The van der Waals surface area contributed by atoms with Crippen LogP contribution in [0.15, 0.2) is 0 Å². The molecular weight excluding hydrogens is 236 g/mol. The maximum atomic E-state index is 12.5. The molecule has 0 unspecified atom stereocenters. The highest BCUT2D eigenvalue weighted by Crippen LogP contribution is 2.44. The molecule has 3 aliphatic rings. The number of urea groups is 1. The summed E-state index contributed by atoms with van der Waals surface area (Å²) in [5.41, 5.74) is 0.608. The van der Waals surface area contributed by atoms with Gasteiger partial charge in [-0.05, 0) is 50.4 Å². The molecule has 2 aliphatic heterocycles. The molecule has 0 aromatic heterocycles. The summed E-state index contributed by atoms with van der Waals surface area (Å²) in [4.78, 5) is 16.7. The van der Waals surface area contributed by atoms with Crippen molar-refractivity contribution >= 4 is 6.03 Å². The van der Waals surface area contributed by atoms with E-state index in [1.807, 2.05) is 0 Å². The zero-order chi connectivity index (χ0) is 13.1. The van der Waals surface area contributed by atoms with Crippen LogP contribution in [0.4, 0.5) is 4.79 Å². The van der Waals surface area contributed by atoms with E-state index in [1.54, 1.807) is 0 Å². The highest BCUT2D eigenvalue weighted by atomic mass is 16.2. The van der Waals surface area contributed by atoms with Crippen molar-refractivity contribution in [2.75, 3.05) is 26.2 Å². The van der Waals surface area contributed by atoms with Gasteiger partial charge in [-0.15, -0.1) is 0 Å². The number of carbonyl (C=O) groups is 1. The number of rotatable bonds is 0. The van der Waals surface area contributed by atoms with E-state index in [1.165, 1.54) is 64.2 Å². The Morgan fingerprint density at radius 1 is 0.632 bits per heavy atom. The summed E-state index contributed by atoms with van der Waals surface area (Å²) in [5, 5.41) is 0. The molecule has 3 rings (SSSR count). The predicted octanol–water partition coefficient (Wildman–Crippen LogP) is 3.64. The van der Waals surface area contributed by atoms with Crippen molar-refractivity contribution in [1.82, 2.24) is 9.80 Å². The quantitative estimate of drug-likeness (QED) is 0.655. The van der Waals surface area contributed by atoms with Crippen LogP contribution >= 0.6 is 0 Å². The van der Waals surface area contributed by atoms with Crippen molar-refractivity contribution in [2.45, 2.75) is 64.2 Å². The fourth-order valence-electron chi connectivity index (χ4n) is 4.26. The largest absolute Gasteiger partial charge is 0.325 e. The fraction of sp³-hybridized carbons (Fsp3) is 0.938. The average Bonchev–Trinajstić information content (AvgIpc) is 2.49. The Kier molecular flexibility index (Phi) is 3.99. The summed E-state index contributed by atoms with van der Waals surface area (Å²) in [6.45, 7) is 3.99. The molecule has 1 saturated carbocycles. The van der Waals surface area contributed by atoms with E-state index >= 15 is 0 Å². The lowest BCUT2D eigenvalue weighted by Crippen LogP contribution is -2.50. The predicted molar refractivity (Wildman–Crippen MR) is 77.1 cm³/mol. The monoisotopic (exact) mass is 264 g/mol. The molecule has 0 radical (unpaired) electrons. The molecule has 1 spiro atoms. The summed E-state index contributed by atoms with van der Waals surface area (Å²) in [6, 6.07) is 0.324. The van der Waals surface area contributed by atoms with Gasteiger partial charge in [0.25, 0.3) is 0 Å². The van der Waals surface area contributed by atoms with Crippen LogP contribution in [-0.2, 0) is 0 Å². The van der Waals surface area contributed by atoms with E-state index < -0.39 is 0 Å². The minimum Gasteiger partial charge on any atom is -0.325 e. The first-order valence-electron chi connectivity index (χ1n) is 8.33. The van der Waals surface area contributed by atoms with Crippen LogP contribution in [-0.4, -0.2) is 42.0 Å². The topological polar surface area (TPSA) is 23.6 Å². The second-order valence-corrected chi connectivity index (χ2v) is 6.88. The van der Waals surface area contributed by atoms with E-state index in [9.17, 15) is 4.79 Å².